The van der Waals surface area contributed by atoms with Gasteiger partial charge in [0.2, 0.25) is 5.91 Å². The summed E-state index contributed by atoms with van der Waals surface area (Å²) in [5, 5.41) is 2.44. The highest BCUT2D eigenvalue weighted by Gasteiger charge is 2.38. The van der Waals surface area contributed by atoms with Crippen molar-refractivity contribution in [3.8, 4) is 0 Å². The average Bonchev–Trinajstić information content (AvgIpc) is 2.53. The molecule has 0 spiro atoms. The SMILES string of the molecule is CN(Cc1ccc2ccccc2c1)C(=O)C1CCCCC1(C)N.Cl. The lowest BCUT2D eigenvalue weighted by molar-refractivity contribution is -0.138. The number of carbonyl (C=O) groups excluding carboxylic acids is 1. The summed E-state index contributed by atoms with van der Waals surface area (Å²) < 4.78 is 0. The number of amides is 1. The van der Waals surface area contributed by atoms with Gasteiger partial charge in [-0.3, -0.25) is 4.79 Å². The van der Waals surface area contributed by atoms with Gasteiger partial charge in [-0.05, 0) is 42.2 Å². The number of fused-ring (bicyclic) bond motifs is 1. The van der Waals surface area contributed by atoms with Crippen LogP contribution in [0.4, 0.5) is 0 Å². The van der Waals surface area contributed by atoms with Gasteiger partial charge in [0.05, 0.1) is 5.92 Å². The highest BCUT2D eigenvalue weighted by Crippen LogP contribution is 2.33. The van der Waals surface area contributed by atoms with Gasteiger partial charge in [-0.2, -0.15) is 0 Å². The number of nitrogens with zero attached hydrogens (tertiary/aromatic N) is 1. The summed E-state index contributed by atoms with van der Waals surface area (Å²) >= 11 is 0. The van der Waals surface area contributed by atoms with Crippen molar-refractivity contribution < 1.29 is 4.79 Å². The first-order chi connectivity index (χ1) is 11.0. The molecule has 2 atom stereocenters. The zero-order chi connectivity index (χ0) is 16.4. The van der Waals surface area contributed by atoms with E-state index >= 15 is 0 Å². The lowest BCUT2D eigenvalue weighted by Crippen LogP contribution is -2.53. The van der Waals surface area contributed by atoms with Crippen LogP contribution in [0.15, 0.2) is 42.5 Å². The smallest absolute Gasteiger partial charge is 0.227 e. The number of rotatable bonds is 3. The first-order valence-corrected chi connectivity index (χ1v) is 8.49. The van der Waals surface area contributed by atoms with Gasteiger partial charge in [0.15, 0.2) is 0 Å². The van der Waals surface area contributed by atoms with Gasteiger partial charge in [0.1, 0.15) is 0 Å². The first-order valence-electron chi connectivity index (χ1n) is 8.49. The molecule has 130 valence electrons. The van der Waals surface area contributed by atoms with Crippen molar-refractivity contribution in [2.24, 2.45) is 11.7 Å². The fourth-order valence-corrected chi connectivity index (χ4v) is 3.72. The van der Waals surface area contributed by atoms with Crippen LogP contribution < -0.4 is 5.73 Å². The van der Waals surface area contributed by atoms with Crippen LogP contribution in [-0.2, 0) is 11.3 Å². The molecule has 1 aliphatic carbocycles. The maximum absolute atomic E-state index is 12.8. The molecule has 1 saturated carbocycles. The molecule has 0 bridgehead atoms. The molecular weight excluding hydrogens is 320 g/mol. The number of hydrogen-bond acceptors (Lipinski definition) is 2. The second-order valence-corrected chi connectivity index (χ2v) is 7.18. The Balaban J connectivity index is 0.00000208. The number of nitrogens with two attached hydrogens (primary N) is 1. The lowest BCUT2D eigenvalue weighted by atomic mass is 9.74. The summed E-state index contributed by atoms with van der Waals surface area (Å²) in [5.41, 5.74) is 7.17. The Hall–Kier alpha value is -1.58. The van der Waals surface area contributed by atoms with Gasteiger partial charge in [0, 0.05) is 19.1 Å². The average molecular weight is 347 g/mol. The molecule has 2 unspecified atom stereocenters. The number of carbonyl (C=O) groups is 1. The van der Waals surface area contributed by atoms with Crippen LogP contribution in [0.1, 0.15) is 38.2 Å². The van der Waals surface area contributed by atoms with E-state index in [1.807, 2.05) is 31.0 Å². The Bertz CT molecular complexity index is 714. The van der Waals surface area contributed by atoms with Crippen molar-refractivity contribution in [3.63, 3.8) is 0 Å². The highest BCUT2D eigenvalue weighted by atomic mass is 35.5. The van der Waals surface area contributed by atoms with E-state index in [0.717, 1.165) is 31.2 Å². The fourth-order valence-electron chi connectivity index (χ4n) is 3.72. The maximum atomic E-state index is 12.8. The van der Waals surface area contributed by atoms with E-state index in [4.69, 9.17) is 5.73 Å². The Morgan fingerprint density at radius 3 is 2.62 bits per heavy atom. The minimum atomic E-state index is -0.368. The summed E-state index contributed by atoms with van der Waals surface area (Å²) in [6.07, 6.45) is 4.08. The zero-order valence-electron chi connectivity index (χ0n) is 14.5. The predicted octanol–water partition coefficient (Wildman–Crippen LogP) is 4.13. The minimum absolute atomic E-state index is 0. The second kappa shape index (κ2) is 7.54. The van der Waals surface area contributed by atoms with E-state index < -0.39 is 0 Å². The van der Waals surface area contributed by atoms with Crippen LogP contribution in [-0.4, -0.2) is 23.4 Å². The molecule has 2 aromatic carbocycles. The van der Waals surface area contributed by atoms with Crippen LogP contribution >= 0.6 is 12.4 Å². The minimum Gasteiger partial charge on any atom is -0.341 e. The topological polar surface area (TPSA) is 46.3 Å². The molecular formula is C20H27ClN2O. The molecule has 3 nitrogen and oxygen atoms in total. The third-order valence-electron chi connectivity index (χ3n) is 5.16. The van der Waals surface area contributed by atoms with E-state index in [1.54, 1.807) is 0 Å². The van der Waals surface area contributed by atoms with E-state index in [0.29, 0.717) is 6.54 Å². The maximum Gasteiger partial charge on any atom is 0.227 e. The predicted molar refractivity (Wildman–Crippen MR) is 102 cm³/mol. The van der Waals surface area contributed by atoms with Crippen LogP contribution in [0.5, 0.6) is 0 Å². The number of benzene rings is 2. The zero-order valence-corrected chi connectivity index (χ0v) is 15.3. The normalized spacial score (nSPS) is 23.5. The molecule has 0 aromatic heterocycles. The Labute approximate surface area is 150 Å². The highest BCUT2D eigenvalue weighted by molar-refractivity contribution is 5.85. The van der Waals surface area contributed by atoms with E-state index in [9.17, 15) is 4.79 Å². The van der Waals surface area contributed by atoms with Gasteiger partial charge in [-0.1, -0.05) is 49.2 Å². The van der Waals surface area contributed by atoms with Crippen LogP contribution in [0.25, 0.3) is 10.8 Å². The fraction of sp³-hybridized carbons (Fsp3) is 0.450. The van der Waals surface area contributed by atoms with E-state index in [-0.39, 0.29) is 29.8 Å². The largest absolute Gasteiger partial charge is 0.341 e. The van der Waals surface area contributed by atoms with Crippen molar-refractivity contribution in [3.05, 3.63) is 48.0 Å². The Kier molecular flexibility index (Phi) is 5.89. The van der Waals surface area contributed by atoms with Crippen molar-refractivity contribution in [1.29, 1.82) is 0 Å². The van der Waals surface area contributed by atoms with Gasteiger partial charge in [-0.25, -0.2) is 0 Å². The first kappa shape index (κ1) is 18.8. The van der Waals surface area contributed by atoms with Gasteiger partial charge >= 0.3 is 0 Å². The third-order valence-corrected chi connectivity index (χ3v) is 5.16. The molecule has 0 aliphatic heterocycles. The van der Waals surface area contributed by atoms with Crippen LogP contribution in [0.3, 0.4) is 0 Å². The molecule has 0 saturated heterocycles. The Morgan fingerprint density at radius 2 is 1.92 bits per heavy atom. The van der Waals surface area contributed by atoms with Crippen molar-refractivity contribution >= 4 is 29.1 Å². The van der Waals surface area contributed by atoms with Gasteiger partial charge < -0.3 is 10.6 Å². The summed E-state index contributed by atoms with van der Waals surface area (Å²) in [4.78, 5) is 14.7. The lowest BCUT2D eigenvalue weighted by Gasteiger charge is -2.39. The van der Waals surface area contributed by atoms with Gasteiger partial charge in [0.25, 0.3) is 0 Å². The van der Waals surface area contributed by atoms with Crippen LogP contribution in [0.2, 0.25) is 0 Å². The summed E-state index contributed by atoms with van der Waals surface area (Å²) in [7, 11) is 1.89. The molecule has 1 fully saturated rings. The molecule has 3 rings (SSSR count). The summed E-state index contributed by atoms with van der Waals surface area (Å²) in [6, 6.07) is 14.7. The van der Waals surface area contributed by atoms with E-state index in [1.165, 1.54) is 10.8 Å². The number of halogens is 1. The van der Waals surface area contributed by atoms with Crippen molar-refractivity contribution in [1.82, 2.24) is 4.90 Å². The molecule has 2 N–H and O–H groups in total. The second-order valence-electron chi connectivity index (χ2n) is 7.18. The summed E-state index contributed by atoms with van der Waals surface area (Å²) in [6.45, 7) is 2.66. The molecule has 4 heteroatoms. The quantitative estimate of drug-likeness (QED) is 0.908. The molecule has 1 aliphatic rings. The standard InChI is InChI=1S/C20H26N2O.ClH/c1-20(21)12-6-5-9-18(20)19(23)22(2)14-15-10-11-16-7-3-4-8-17(16)13-15;/h3-4,7-8,10-11,13,18H,5-6,9,12,14,21H2,1-2H3;1H. The number of hydrogen-bond donors (Lipinski definition) is 1. The molecule has 24 heavy (non-hydrogen) atoms. The molecule has 0 radical (unpaired) electrons. The summed E-state index contributed by atoms with van der Waals surface area (Å²) in [5.74, 6) is 0.129. The molecule has 2 aromatic rings. The van der Waals surface area contributed by atoms with Crippen LogP contribution in [0, 0.1) is 5.92 Å². The Morgan fingerprint density at radius 1 is 1.21 bits per heavy atom. The van der Waals surface area contributed by atoms with Crippen molar-refractivity contribution in [2.75, 3.05) is 7.05 Å². The van der Waals surface area contributed by atoms with Crippen molar-refractivity contribution in [2.45, 2.75) is 44.7 Å². The monoisotopic (exact) mass is 346 g/mol. The van der Waals surface area contributed by atoms with Gasteiger partial charge in [-0.15, -0.1) is 12.4 Å². The molecule has 0 heterocycles. The van der Waals surface area contributed by atoms with E-state index in [2.05, 4.69) is 30.3 Å². The molecule has 1 amide bonds. The third kappa shape index (κ3) is 3.90.